The summed E-state index contributed by atoms with van der Waals surface area (Å²) < 4.78 is 2.24. The van der Waals surface area contributed by atoms with E-state index >= 15 is 0 Å². The third kappa shape index (κ3) is 4.73. The van der Waals surface area contributed by atoms with Gasteiger partial charge in [0.25, 0.3) is 0 Å². The van der Waals surface area contributed by atoms with Crippen molar-refractivity contribution < 1.29 is 0 Å². The predicted octanol–water partition coefficient (Wildman–Crippen LogP) is 4.70. The fourth-order valence-electron chi connectivity index (χ4n) is 2.24. The van der Waals surface area contributed by atoms with Crippen molar-refractivity contribution in [2.75, 3.05) is 5.75 Å². The summed E-state index contributed by atoms with van der Waals surface area (Å²) in [6, 6.07) is 0. The molecule has 0 saturated heterocycles. The Labute approximate surface area is 123 Å². The summed E-state index contributed by atoms with van der Waals surface area (Å²) >= 11 is 6.01. The molecule has 2 heterocycles. The first-order valence-electron chi connectivity index (χ1n) is 7.12. The molecule has 106 valence electrons. The molecule has 0 amide bonds. The zero-order valence-electron chi connectivity index (χ0n) is 11.6. The summed E-state index contributed by atoms with van der Waals surface area (Å²) in [6.07, 6.45) is 12.3. The number of thiol groups is 1. The summed E-state index contributed by atoms with van der Waals surface area (Å²) in [6.45, 7) is 3.26. The van der Waals surface area contributed by atoms with Crippen LogP contribution in [0.5, 0.6) is 0 Å². The number of nitrogens with zero attached hydrogens (tertiary/aromatic N) is 2. The van der Waals surface area contributed by atoms with Gasteiger partial charge >= 0.3 is 0 Å². The molecule has 1 aromatic heterocycles. The molecule has 1 aliphatic rings. The van der Waals surface area contributed by atoms with Crippen LogP contribution in [0.1, 0.15) is 38.4 Å². The van der Waals surface area contributed by atoms with Gasteiger partial charge in [0.05, 0.1) is 0 Å². The molecule has 0 unspecified atom stereocenters. The summed E-state index contributed by atoms with van der Waals surface area (Å²) in [5.41, 5.74) is 0. The van der Waals surface area contributed by atoms with E-state index in [1.165, 1.54) is 31.4 Å². The van der Waals surface area contributed by atoms with Crippen LogP contribution in [0.2, 0.25) is 5.15 Å². The quantitative estimate of drug-likeness (QED) is 0.544. The Bertz CT molecular complexity index is 439. The van der Waals surface area contributed by atoms with Gasteiger partial charge in [-0.25, -0.2) is 15.9 Å². The van der Waals surface area contributed by atoms with Crippen LogP contribution in [-0.2, 0) is 13.0 Å². The smallest absolute Gasteiger partial charge is 0.147 e. The Morgan fingerprint density at radius 3 is 2.74 bits per heavy atom. The van der Waals surface area contributed by atoms with Gasteiger partial charge < -0.3 is 4.57 Å². The van der Waals surface area contributed by atoms with E-state index in [-0.39, 0.29) is 10.9 Å². The van der Waals surface area contributed by atoms with Crippen LogP contribution < -0.4 is 0 Å². The standard InChI is InChI=1S/C15H23ClN2S/c1-2-3-8-15-17-14(16)13-18(15)9-4-5-10-19-11-6-7-12-19/h6-7,11-13,19H,2-5,8-10H2,1H3. The van der Waals surface area contributed by atoms with Crippen molar-refractivity contribution in [1.29, 1.82) is 0 Å². The van der Waals surface area contributed by atoms with E-state index in [1.807, 2.05) is 6.20 Å². The lowest BCUT2D eigenvalue weighted by molar-refractivity contribution is 0.593. The molecule has 2 rings (SSSR count). The van der Waals surface area contributed by atoms with Crippen molar-refractivity contribution in [3.05, 3.63) is 40.1 Å². The van der Waals surface area contributed by atoms with Crippen molar-refractivity contribution in [2.45, 2.75) is 45.6 Å². The molecule has 0 radical (unpaired) electrons. The molecule has 4 heteroatoms. The number of halogens is 1. The van der Waals surface area contributed by atoms with Crippen LogP contribution >= 0.6 is 22.5 Å². The molecule has 1 aliphatic heterocycles. The molecule has 1 aromatic rings. The van der Waals surface area contributed by atoms with Gasteiger partial charge in [-0.3, -0.25) is 0 Å². The van der Waals surface area contributed by atoms with E-state index in [2.05, 4.69) is 39.4 Å². The normalized spacial score (nSPS) is 15.6. The molecule has 0 saturated carbocycles. The fourth-order valence-corrected chi connectivity index (χ4v) is 4.09. The molecule has 0 aromatic carbocycles. The molecule has 0 fully saturated rings. The van der Waals surface area contributed by atoms with Gasteiger partial charge in [0.2, 0.25) is 0 Å². The maximum Gasteiger partial charge on any atom is 0.147 e. The number of imidazole rings is 1. The van der Waals surface area contributed by atoms with Gasteiger partial charge in [0.15, 0.2) is 0 Å². The van der Waals surface area contributed by atoms with E-state index in [0.29, 0.717) is 5.15 Å². The second-order valence-corrected chi connectivity index (χ2v) is 7.36. The molecule has 0 bridgehead atoms. The molecular formula is C15H23ClN2S. The molecule has 0 aliphatic carbocycles. The van der Waals surface area contributed by atoms with Crippen LogP contribution in [0.15, 0.2) is 29.2 Å². The fraction of sp³-hybridized carbons (Fsp3) is 0.533. The lowest BCUT2D eigenvalue weighted by Gasteiger charge is -2.10. The van der Waals surface area contributed by atoms with Gasteiger partial charge in [0, 0.05) is 19.2 Å². The first-order chi connectivity index (χ1) is 9.29. The highest BCUT2D eigenvalue weighted by Gasteiger charge is 2.06. The van der Waals surface area contributed by atoms with Crippen molar-refractivity contribution in [1.82, 2.24) is 9.55 Å². The largest absolute Gasteiger partial charge is 0.333 e. The highest BCUT2D eigenvalue weighted by atomic mass is 35.5. The second kappa shape index (κ2) is 7.81. The summed E-state index contributed by atoms with van der Waals surface area (Å²) in [4.78, 5) is 4.41. The lowest BCUT2D eigenvalue weighted by Crippen LogP contribution is -2.03. The number of rotatable bonds is 8. The van der Waals surface area contributed by atoms with Gasteiger partial charge in [0.1, 0.15) is 11.0 Å². The van der Waals surface area contributed by atoms with E-state index in [0.717, 1.165) is 18.8 Å². The highest BCUT2D eigenvalue weighted by Crippen LogP contribution is 2.33. The van der Waals surface area contributed by atoms with Crippen LogP contribution in [0.3, 0.4) is 0 Å². The Morgan fingerprint density at radius 2 is 2.00 bits per heavy atom. The van der Waals surface area contributed by atoms with E-state index in [4.69, 9.17) is 11.6 Å². The minimum Gasteiger partial charge on any atom is -0.333 e. The Morgan fingerprint density at radius 1 is 1.21 bits per heavy atom. The molecule has 2 nitrogen and oxygen atoms in total. The average molecular weight is 299 g/mol. The van der Waals surface area contributed by atoms with Gasteiger partial charge in [-0.05, 0) is 35.8 Å². The average Bonchev–Trinajstić information content (AvgIpc) is 3.02. The zero-order valence-corrected chi connectivity index (χ0v) is 13.2. The number of aromatic nitrogens is 2. The third-order valence-electron chi connectivity index (χ3n) is 3.32. The SMILES string of the molecule is CCCCc1nc(Cl)cn1CCCC[SH]1C=CC=C1. The first-order valence-corrected chi connectivity index (χ1v) is 9.16. The minimum absolute atomic E-state index is 0.0505. The number of hydrogen-bond acceptors (Lipinski definition) is 1. The van der Waals surface area contributed by atoms with E-state index < -0.39 is 0 Å². The van der Waals surface area contributed by atoms with Crippen molar-refractivity contribution >= 4 is 22.5 Å². The van der Waals surface area contributed by atoms with Crippen LogP contribution in [0, 0.1) is 0 Å². The van der Waals surface area contributed by atoms with Crippen molar-refractivity contribution in [3.8, 4) is 0 Å². The monoisotopic (exact) mass is 298 g/mol. The van der Waals surface area contributed by atoms with Gasteiger partial charge in [-0.2, -0.15) is 0 Å². The first kappa shape index (κ1) is 14.7. The number of aryl methyl sites for hydroxylation is 2. The maximum absolute atomic E-state index is 6.01. The van der Waals surface area contributed by atoms with Gasteiger partial charge in [-0.1, -0.05) is 37.1 Å². The number of unbranched alkanes of at least 4 members (excludes halogenated alkanes) is 2. The van der Waals surface area contributed by atoms with Gasteiger partial charge in [-0.15, -0.1) is 0 Å². The Balaban J connectivity index is 1.75. The minimum atomic E-state index is 0.0505. The van der Waals surface area contributed by atoms with Crippen molar-refractivity contribution in [3.63, 3.8) is 0 Å². The second-order valence-electron chi connectivity index (χ2n) is 4.90. The highest BCUT2D eigenvalue weighted by molar-refractivity contribution is 8.22. The van der Waals surface area contributed by atoms with E-state index in [1.54, 1.807) is 0 Å². The Hall–Kier alpha value is -0.670. The maximum atomic E-state index is 6.01. The summed E-state index contributed by atoms with van der Waals surface area (Å²) in [5, 5.41) is 5.32. The summed E-state index contributed by atoms with van der Waals surface area (Å²) in [5.74, 6) is 2.47. The van der Waals surface area contributed by atoms with Crippen LogP contribution in [0.25, 0.3) is 0 Å². The molecule has 0 N–H and O–H groups in total. The van der Waals surface area contributed by atoms with E-state index in [9.17, 15) is 0 Å². The summed E-state index contributed by atoms with van der Waals surface area (Å²) in [7, 11) is 0.0505. The van der Waals surface area contributed by atoms with Crippen LogP contribution in [-0.4, -0.2) is 15.3 Å². The van der Waals surface area contributed by atoms with Crippen molar-refractivity contribution in [2.24, 2.45) is 0 Å². The van der Waals surface area contributed by atoms with Crippen LogP contribution in [0.4, 0.5) is 0 Å². The zero-order chi connectivity index (χ0) is 13.5. The molecule has 0 atom stereocenters. The number of allylic oxidation sites excluding steroid dienone is 2. The molecular weight excluding hydrogens is 276 g/mol. The molecule has 19 heavy (non-hydrogen) atoms. The Kier molecular flexibility index (Phi) is 6.05. The molecule has 0 spiro atoms. The predicted molar refractivity (Wildman–Crippen MR) is 87.2 cm³/mol. The number of hydrogen-bond donors (Lipinski definition) is 1. The topological polar surface area (TPSA) is 17.8 Å². The lowest BCUT2D eigenvalue weighted by atomic mass is 10.2. The third-order valence-corrected chi connectivity index (χ3v) is 5.44.